The van der Waals surface area contributed by atoms with Crippen molar-refractivity contribution >= 4 is 5.97 Å². The maximum atomic E-state index is 11.6. The van der Waals surface area contributed by atoms with Gasteiger partial charge in [0.2, 0.25) is 0 Å². The third-order valence-electron chi connectivity index (χ3n) is 4.01. The molecule has 2 atom stereocenters. The summed E-state index contributed by atoms with van der Waals surface area (Å²) in [5, 5.41) is 0. The Morgan fingerprint density at radius 2 is 2.00 bits per heavy atom. The second kappa shape index (κ2) is 5.85. The Morgan fingerprint density at radius 1 is 1.24 bits per heavy atom. The Kier molecular flexibility index (Phi) is 4.43. The van der Waals surface area contributed by atoms with E-state index in [4.69, 9.17) is 4.74 Å². The molecule has 2 saturated carbocycles. The molecular formula is C14H25NO2. The van der Waals surface area contributed by atoms with Crippen LogP contribution < -0.4 is 0 Å². The topological polar surface area (TPSA) is 29.5 Å². The molecule has 0 spiro atoms. The Hall–Kier alpha value is -0.570. The lowest BCUT2D eigenvalue weighted by Gasteiger charge is -2.36. The number of esters is 1. The van der Waals surface area contributed by atoms with Gasteiger partial charge in [0.25, 0.3) is 0 Å². The molecule has 2 aliphatic rings. The highest BCUT2D eigenvalue weighted by atomic mass is 16.5. The van der Waals surface area contributed by atoms with Crippen LogP contribution in [0, 0.1) is 5.92 Å². The number of hydrogen-bond donors (Lipinski definition) is 0. The molecule has 3 nitrogen and oxygen atoms in total. The second-order valence-electron chi connectivity index (χ2n) is 5.63. The first-order valence-corrected chi connectivity index (χ1v) is 7.12. The summed E-state index contributed by atoms with van der Waals surface area (Å²) in [4.78, 5) is 14.1. The van der Waals surface area contributed by atoms with Crippen LogP contribution >= 0.6 is 0 Å². The first kappa shape index (κ1) is 12.9. The molecule has 17 heavy (non-hydrogen) atoms. The molecule has 2 aliphatic carbocycles. The maximum Gasteiger partial charge on any atom is 0.320 e. The number of carbonyl (C=O) groups is 1. The molecule has 98 valence electrons. The van der Waals surface area contributed by atoms with E-state index < -0.39 is 0 Å². The van der Waals surface area contributed by atoms with Gasteiger partial charge in [-0.05, 0) is 38.5 Å². The average molecular weight is 239 g/mol. The SMILES string of the molecule is CCOC(=O)CN(C1CC1)C1CCCC(C)C1. The van der Waals surface area contributed by atoms with Gasteiger partial charge in [0.15, 0.2) is 0 Å². The Balaban J connectivity index is 1.89. The van der Waals surface area contributed by atoms with E-state index in [1.807, 2.05) is 6.92 Å². The summed E-state index contributed by atoms with van der Waals surface area (Å²) in [7, 11) is 0. The second-order valence-corrected chi connectivity index (χ2v) is 5.63. The van der Waals surface area contributed by atoms with Crippen molar-refractivity contribution in [1.29, 1.82) is 0 Å². The summed E-state index contributed by atoms with van der Waals surface area (Å²) >= 11 is 0. The van der Waals surface area contributed by atoms with Gasteiger partial charge in [0, 0.05) is 12.1 Å². The molecule has 0 amide bonds. The monoisotopic (exact) mass is 239 g/mol. The molecule has 0 aliphatic heterocycles. The molecule has 0 aromatic carbocycles. The first-order valence-electron chi connectivity index (χ1n) is 7.12. The molecule has 0 N–H and O–H groups in total. The lowest BCUT2D eigenvalue weighted by Crippen LogP contribution is -2.43. The molecule has 0 radical (unpaired) electrons. The van der Waals surface area contributed by atoms with E-state index in [2.05, 4.69) is 11.8 Å². The summed E-state index contributed by atoms with van der Waals surface area (Å²) < 4.78 is 5.09. The van der Waals surface area contributed by atoms with Crippen LogP contribution in [0.5, 0.6) is 0 Å². The quantitative estimate of drug-likeness (QED) is 0.691. The number of nitrogens with zero attached hydrogens (tertiary/aromatic N) is 1. The summed E-state index contributed by atoms with van der Waals surface area (Å²) in [6.07, 6.45) is 7.73. The zero-order valence-corrected chi connectivity index (χ0v) is 11.2. The Bertz CT molecular complexity index is 263. The van der Waals surface area contributed by atoms with Crippen molar-refractivity contribution < 1.29 is 9.53 Å². The summed E-state index contributed by atoms with van der Waals surface area (Å²) in [6, 6.07) is 1.28. The van der Waals surface area contributed by atoms with Crippen molar-refractivity contribution in [2.24, 2.45) is 5.92 Å². The normalized spacial score (nSPS) is 29.4. The number of hydrogen-bond acceptors (Lipinski definition) is 3. The summed E-state index contributed by atoms with van der Waals surface area (Å²) in [5.74, 6) is 0.773. The fourth-order valence-corrected chi connectivity index (χ4v) is 3.02. The van der Waals surface area contributed by atoms with Crippen LogP contribution in [-0.2, 0) is 9.53 Å². The molecule has 0 aromatic heterocycles. The zero-order chi connectivity index (χ0) is 12.3. The van der Waals surface area contributed by atoms with Gasteiger partial charge in [-0.3, -0.25) is 9.69 Å². The zero-order valence-electron chi connectivity index (χ0n) is 11.2. The van der Waals surface area contributed by atoms with Gasteiger partial charge in [-0.25, -0.2) is 0 Å². The van der Waals surface area contributed by atoms with Gasteiger partial charge in [0.1, 0.15) is 0 Å². The maximum absolute atomic E-state index is 11.6. The van der Waals surface area contributed by atoms with Crippen LogP contribution in [-0.4, -0.2) is 36.1 Å². The molecule has 2 fully saturated rings. The van der Waals surface area contributed by atoms with Crippen molar-refractivity contribution in [2.45, 2.75) is 64.5 Å². The average Bonchev–Trinajstić information content (AvgIpc) is 3.10. The van der Waals surface area contributed by atoms with Gasteiger partial charge in [-0.2, -0.15) is 0 Å². The van der Waals surface area contributed by atoms with Crippen LogP contribution in [0.1, 0.15) is 52.4 Å². The molecule has 0 heterocycles. The standard InChI is InChI=1S/C14H25NO2/c1-3-17-14(16)10-15(12-7-8-12)13-6-4-5-11(2)9-13/h11-13H,3-10H2,1-2H3. The van der Waals surface area contributed by atoms with E-state index in [0.29, 0.717) is 25.2 Å². The number of carbonyl (C=O) groups excluding carboxylic acids is 1. The smallest absolute Gasteiger partial charge is 0.320 e. The molecular weight excluding hydrogens is 214 g/mol. The van der Waals surface area contributed by atoms with Gasteiger partial charge < -0.3 is 4.74 Å². The van der Waals surface area contributed by atoms with Gasteiger partial charge in [-0.1, -0.05) is 19.8 Å². The number of ether oxygens (including phenoxy) is 1. The molecule has 0 aromatic rings. The lowest BCUT2D eigenvalue weighted by molar-refractivity contribution is -0.145. The van der Waals surface area contributed by atoms with Gasteiger partial charge in [-0.15, -0.1) is 0 Å². The highest BCUT2D eigenvalue weighted by molar-refractivity contribution is 5.71. The molecule has 2 rings (SSSR count). The van der Waals surface area contributed by atoms with E-state index in [1.54, 1.807) is 0 Å². The summed E-state index contributed by atoms with van der Waals surface area (Å²) in [5.41, 5.74) is 0. The first-order chi connectivity index (χ1) is 8.20. The highest BCUT2D eigenvalue weighted by Crippen LogP contribution is 2.35. The predicted molar refractivity (Wildman–Crippen MR) is 67.8 cm³/mol. The largest absolute Gasteiger partial charge is 0.465 e. The lowest BCUT2D eigenvalue weighted by atomic mass is 9.86. The van der Waals surface area contributed by atoms with Crippen LogP contribution in [0.3, 0.4) is 0 Å². The van der Waals surface area contributed by atoms with Crippen molar-refractivity contribution in [3.63, 3.8) is 0 Å². The van der Waals surface area contributed by atoms with Crippen molar-refractivity contribution in [2.75, 3.05) is 13.2 Å². The van der Waals surface area contributed by atoms with Gasteiger partial charge >= 0.3 is 5.97 Å². The molecule has 0 bridgehead atoms. The van der Waals surface area contributed by atoms with E-state index in [1.165, 1.54) is 38.5 Å². The third-order valence-corrected chi connectivity index (χ3v) is 4.01. The van der Waals surface area contributed by atoms with E-state index in [0.717, 1.165) is 5.92 Å². The highest BCUT2D eigenvalue weighted by Gasteiger charge is 2.36. The molecule has 3 heteroatoms. The minimum absolute atomic E-state index is 0.0439. The Morgan fingerprint density at radius 3 is 2.59 bits per heavy atom. The van der Waals surface area contributed by atoms with E-state index >= 15 is 0 Å². The third kappa shape index (κ3) is 3.70. The molecule has 0 saturated heterocycles. The predicted octanol–water partition coefficient (Wildman–Crippen LogP) is 2.59. The van der Waals surface area contributed by atoms with Crippen molar-refractivity contribution in [3.05, 3.63) is 0 Å². The minimum Gasteiger partial charge on any atom is -0.465 e. The summed E-state index contributed by atoms with van der Waals surface area (Å²) in [6.45, 7) is 5.22. The van der Waals surface area contributed by atoms with Crippen LogP contribution in [0.2, 0.25) is 0 Å². The minimum atomic E-state index is -0.0439. The van der Waals surface area contributed by atoms with Gasteiger partial charge in [0.05, 0.1) is 13.2 Å². The molecule has 2 unspecified atom stereocenters. The van der Waals surface area contributed by atoms with E-state index in [9.17, 15) is 4.79 Å². The van der Waals surface area contributed by atoms with Crippen LogP contribution in [0.25, 0.3) is 0 Å². The van der Waals surface area contributed by atoms with Crippen molar-refractivity contribution in [1.82, 2.24) is 4.90 Å². The Labute approximate surface area is 105 Å². The number of rotatable bonds is 5. The fourth-order valence-electron chi connectivity index (χ4n) is 3.02. The fraction of sp³-hybridized carbons (Fsp3) is 0.929. The van der Waals surface area contributed by atoms with Crippen molar-refractivity contribution in [3.8, 4) is 0 Å². The van der Waals surface area contributed by atoms with Crippen LogP contribution in [0.4, 0.5) is 0 Å². The van der Waals surface area contributed by atoms with E-state index in [-0.39, 0.29) is 5.97 Å². The van der Waals surface area contributed by atoms with Crippen LogP contribution in [0.15, 0.2) is 0 Å².